The minimum absolute atomic E-state index is 0.0999. The van der Waals surface area contributed by atoms with Crippen molar-refractivity contribution < 1.29 is 18.7 Å². The van der Waals surface area contributed by atoms with Crippen molar-refractivity contribution in [3.8, 4) is 0 Å². The third-order valence-electron chi connectivity index (χ3n) is 2.16. The van der Waals surface area contributed by atoms with E-state index in [-0.39, 0.29) is 30.9 Å². The molecule has 19 heavy (non-hydrogen) atoms. The summed E-state index contributed by atoms with van der Waals surface area (Å²) in [7, 11) is 0. The van der Waals surface area contributed by atoms with Gasteiger partial charge < -0.3 is 10.1 Å². The lowest BCUT2D eigenvalue weighted by atomic mass is 10.2. The summed E-state index contributed by atoms with van der Waals surface area (Å²) in [4.78, 5) is 23.0. The Morgan fingerprint density at radius 3 is 2.68 bits per heavy atom. The number of hydrogen-bond donors (Lipinski definition) is 1. The summed E-state index contributed by atoms with van der Waals surface area (Å²) >= 11 is 3.11. The molecule has 6 heteroatoms. The van der Waals surface area contributed by atoms with Crippen molar-refractivity contribution in [3.63, 3.8) is 0 Å². The van der Waals surface area contributed by atoms with Gasteiger partial charge in [-0.15, -0.1) is 0 Å². The van der Waals surface area contributed by atoms with Crippen molar-refractivity contribution in [1.29, 1.82) is 0 Å². The molecule has 1 N–H and O–H groups in total. The highest BCUT2D eigenvalue weighted by atomic mass is 79.9. The fraction of sp³-hybridized carbons (Fsp3) is 0.385. The summed E-state index contributed by atoms with van der Waals surface area (Å²) < 4.78 is 18.2. The zero-order valence-corrected chi connectivity index (χ0v) is 12.3. The monoisotopic (exact) mass is 331 g/mol. The summed E-state index contributed by atoms with van der Waals surface area (Å²) in [5, 5.41) is 2.57. The number of amides is 1. The van der Waals surface area contributed by atoms with Gasteiger partial charge in [-0.3, -0.25) is 9.59 Å². The molecule has 0 aliphatic rings. The zero-order chi connectivity index (χ0) is 14.4. The molecule has 0 heterocycles. The number of ether oxygens (including phenoxy) is 1. The molecule has 0 saturated carbocycles. The molecule has 0 aromatic heterocycles. The third kappa shape index (κ3) is 5.38. The van der Waals surface area contributed by atoms with E-state index < -0.39 is 5.82 Å². The summed E-state index contributed by atoms with van der Waals surface area (Å²) in [6.07, 6.45) is -0.0719. The Hall–Kier alpha value is -1.43. The quantitative estimate of drug-likeness (QED) is 0.844. The molecule has 1 amide bonds. The maximum absolute atomic E-state index is 12.9. The van der Waals surface area contributed by atoms with E-state index in [0.29, 0.717) is 10.0 Å². The predicted molar refractivity (Wildman–Crippen MR) is 72.3 cm³/mol. The molecule has 0 radical (unpaired) electrons. The Balaban J connectivity index is 2.45. The second kappa shape index (κ2) is 7.23. The van der Waals surface area contributed by atoms with Gasteiger partial charge in [-0.1, -0.05) is 0 Å². The standard InChI is InChI=1S/C13H15BrFNO3/c1-8(2)19-12(17)5-6-16-13(18)10-4-3-9(15)7-11(10)14/h3-4,7-8H,5-6H2,1-2H3,(H,16,18). The first-order chi connectivity index (χ1) is 8.90. The van der Waals surface area contributed by atoms with Crippen LogP contribution in [0.1, 0.15) is 30.6 Å². The molecular formula is C13H15BrFNO3. The summed E-state index contributed by atoms with van der Waals surface area (Å²) in [6.45, 7) is 3.69. The van der Waals surface area contributed by atoms with Crippen LogP contribution in [0.25, 0.3) is 0 Å². The van der Waals surface area contributed by atoms with Crippen LogP contribution in [0.4, 0.5) is 4.39 Å². The van der Waals surface area contributed by atoms with Crippen LogP contribution in [0, 0.1) is 5.82 Å². The van der Waals surface area contributed by atoms with Gasteiger partial charge >= 0.3 is 5.97 Å². The van der Waals surface area contributed by atoms with E-state index in [0.717, 1.165) is 0 Å². The average molecular weight is 332 g/mol. The van der Waals surface area contributed by atoms with Crippen LogP contribution < -0.4 is 5.32 Å². The highest BCUT2D eigenvalue weighted by Gasteiger charge is 2.11. The van der Waals surface area contributed by atoms with Gasteiger partial charge in [0, 0.05) is 11.0 Å². The minimum Gasteiger partial charge on any atom is -0.463 e. The van der Waals surface area contributed by atoms with Crippen molar-refractivity contribution in [2.75, 3.05) is 6.54 Å². The van der Waals surface area contributed by atoms with Crippen molar-refractivity contribution in [2.45, 2.75) is 26.4 Å². The Labute approximate surface area is 119 Å². The number of benzene rings is 1. The van der Waals surface area contributed by atoms with E-state index in [4.69, 9.17) is 4.74 Å². The fourth-order valence-electron chi connectivity index (χ4n) is 1.37. The largest absolute Gasteiger partial charge is 0.463 e. The molecule has 0 aliphatic heterocycles. The van der Waals surface area contributed by atoms with E-state index in [9.17, 15) is 14.0 Å². The second-order valence-corrected chi connectivity index (χ2v) is 5.02. The number of esters is 1. The maximum Gasteiger partial charge on any atom is 0.307 e. The van der Waals surface area contributed by atoms with Crippen LogP contribution in [-0.2, 0) is 9.53 Å². The SMILES string of the molecule is CC(C)OC(=O)CCNC(=O)c1ccc(F)cc1Br. The molecule has 0 fully saturated rings. The number of carbonyl (C=O) groups excluding carboxylic acids is 2. The number of nitrogens with one attached hydrogen (secondary N) is 1. The Morgan fingerprint density at radius 2 is 2.11 bits per heavy atom. The number of rotatable bonds is 5. The molecular weight excluding hydrogens is 317 g/mol. The van der Waals surface area contributed by atoms with Crippen LogP contribution in [0.3, 0.4) is 0 Å². The van der Waals surface area contributed by atoms with Gasteiger partial charge in [0.05, 0.1) is 18.1 Å². The van der Waals surface area contributed by atoms with Crippen molar-refractivity contribution in [3.05, 3.63) is 34.1 Å². The molecule has 0 bridgehead atoms. The number of carbonyl (C=O) groups is 2. The number of hydrogen-bond acceptors (Lipinski definition) is 3. The average Bonchev–Trinajstić information content (AvgIpc) is 2.27. The second-order valence-electron chi connectivity index (χ2n) is 4.17. The first-order valence-electron chi connectivity index (χ1n) is 5.83. The van der Waals surface area contributed by atoms with Gasteiger partial charge in [0.2, 0.25) is 0 Å². The highest BCUT2D eigenvalue weighted by molar-refractivity contribution is 9.10. The van der Waals surface area contributed by atoms with Gasteiger partial charge in [0.1, 0.15) is 5.82 Å². The normalized spacial score (nSPS) is 10.4. The van der Waals surface area contributed by atoms with Crippen LogP contribution in [0.5, 0.6) is 0 Å². The zero-order valence-electron chi connectivity index (χ0n) is 10.7. The maximum atomic E-state index is 12.9. The topological polar surface area (TPSA) is 55.4 Å². The first-order valence-corrected chi connectivity index (χ1v) is 6.62. The number of halogens is 2. The lowest BCUT2D eigenvalue weighted by Gasteiger charge is -2.09. The predicted octanol–water partition coefficient (Wildman–Crippen LogP) is 2.66. The lowest BCUT2D eigenvalue weighted by Crippen LogP contribution is -2.27. The molecule has 1 rings (SSSR count). The van der Waals surface area contributed by atoms with E-state index in [2.05, 4.69) is 21.2 Å². The molecule has 104 valence electrons. The van der Waals surface area contributed by atoms with Gasteiger partial charge in [-0.2, -0.15) is 0 Å². The minimum atomic E-state index is -0.427. The Morgan fingerprint density at radius 1 is 1.42 bits per heavy atom. The van der Waals surface area contributed by atoms with Gasteiger partial charge in [0.25, 0.3) is 5.91 Å². The van der Waals surface area contributed by atoms with Crippen LogP contribution in [0.2, 0.25) is 0 Å². The molecule has 0 spiro atoms. The molecule has 4 nitrogen and oxygen atoms in total. The lowest BCUT2D eigenvalue weighted by molar-refractivity contribution is -0.147. The van der Waals surface area contributed by atoms with Crippen LogP contribution in [-0.4, -0.2) is 24.5 Å². The van der Waals surface area contributed by atoms with Gasteiger partial charge in [0.15, 0.2) is 0 Å². The molecule has 0 unspecified atom stereocenters. The van der Waals surface area contributed by atoms with Crippen LogP contribution in [0.15, 0.2) is 22.7 Å². The molecule has 0 aliphatic carbocycles. The Bertz CT molecular complexity index is 477. The van der Waals surface area contributed by atoms with Crippen molar-refractivity contribution in [2.24, 2.45) is 0 Å². The summed E-state index contributed by atoms with van der Waals surface area (Å²) in [5.74, 6) is -1.17. The van der Waals surface area contributed by atoms with Crippen molar-refractivity contribution in [1.82, 2.24) is 5.32 Å². The third-order valence-corrected chi connectivity index (χ3v) is 2.81. The van der Waals surface area contributed by atoms with E-state index in [1.54, 1.807) is 13.8 Å². The summed E-state index contributed by atoms with van der Waals surface area (Å²) in [6, 6.07) is 3.79. The smallest absolute Gasteiger partial charge is 0.307 e. The first kappa shape index (κ1) is 15.6. The molecule has 0 saturated heterocycles. The molecule has 0 atom stereocenters. The van der Waals surface area contributed by atoms with E-state index in [1.807, 2.05) is 0 Å². The Kier molecular flexibility index (Phi) is 5.95. The molecule has 1 aromatic rings. The highest BCUT2D eigenvalue weighted by Crippen LogP contribution is 2.17. The molecule has 1 aromatic carbocycles. The van der Waals surface area contributed by atoms with Crippen molar-refractivity contribution >= 4 is 27.8 Å². The fourth-order valence-corrected chi connectivity index (χ4v) is 1.90. The van der Waals surface area contributed by atoms with Gasteiger partial charge in [-0.25, -0.2) is 4.39 Å². The van der Waals surface area contributed by atoms with E-state index in [1.165, 1.54) is 18.2 Å². The van der Waals surface area contributed by atoms with Gasteiger partial charge in [-0.05, 0) is 48.0 Å². The summed E-state index contributed by atoms with van der Waals surface area (Å²) in [5.41, 5.74) is 0.318. The van der Waals surface area contributed by atoms with Crippen LogP contribution >= 0.6 is 15.9 Å². The van der Waals surface area contributed by atoms with E-state index >= 15 is 0 Å².